The second-order valence-electron chi connectivity index (χ2n) is 20.5. The lowest BCUT2D eigenvalue weighted by atomic mass is 9.49. The van der Waals surface area contributed by atoms with Crippen molar-refractivity contribution >= 4 is 102 Å². The minimum atomic E-state index is -1.00. The number of halogens is 3. The number of phenolic OH excluding ortho intramolecular Hbond substituents is 1. The van der Waals surface area contributed by atoms with Gasteiger partial charge in [-0.15, -0.1) is 0 Å². The summed E-state index contributed by atoms with van der Waals surface area (Å²) < 4.78 is 65.2. The van der Waals surface area contributed by atoms with E-state index in [1.54, 1.807) is 6.07 Å². The van der Waals surface area contributed by atoms with Crippen LogP contribution in [0.4, 0.5) is 4.39 Å². The Kier molecular flexibility index (Phi) is 15.3. The monoisotopic (exact) mass is 1080 g/mol. The lowest BCUT2D eigenvalue weighted by molar-refractivity contribution is 0.00578. The molecule has 9 nitrogen and oxygen atoms in total. The maximum absolute atomic E-state index is 9.96. The molecule has 3 aliphatic heterocycles. The van der Waals surface area contributed by atoms with Crippen LogP contribution in [0.25, 0.3) is 55.0 Å². The molecule has 0 unspecified atom stereocenters. The van der Waals surface area contributed by atoms with E-state index >= 15 is 0 Å². The van der Waals surface area contributed by atoms with Crippen LogP contribution in [-0.2, 0) is 27.9 Å². The number of alkyl halides is 1. The largest absolute Gasteiger partial charge is 0.507 e. The second-order valence-corrected chi connectivity index (χ2v) is 22.3. The summed E-state index contributed by atoms with van der Waals surface area (Å²) in [6.07, 6.45) is 0. The molecule has 5 heterocycles. The Balaban J connectivity index is 0.000000139. The smallest absolute Gasteiger partial charge is 0.494 e. The van der Waals surface area contributed by atoms with Crippen molar-refractivity contribution in [1.29, 1.82) is 0 Å². The van der Waals surface area contributed by atoms with Gasteiger partial charge in [0.05, 0.1) is 42.1 Å². The summed E-state index contributed by atoms with van der Waals surface area (Å²) in [5.74, 6) is 0.305. The number of fused-ring (bicyclic) bond motifs is 6. The average Bonchev–Trinajstić information content (AvgIpc) is 4.04. The molecule has 70 heavy (non-hydrogen) atoms. The molecule has 0 saturated carbocycles. The Bertz CT molecular complexity index is 3020. The highest BCUT2D eigenvalue weighted by Gasteiger charge is 2.63. The molecule has 15 heteroatoms. The van der Waals surface area contributed by atoms with Gasteiger partial charge in [-0.3, -0.25) is 4.39 Å². The number of rotatable bonds is 3. The summed E-state index contributed by atoms with van der Waals surface area (Å²) in [5, 5.41) is 14.2. The lowest BCUT2D eigenvalue weighted by Gasteiger charge is -2.32. The third-order valence-corrected chi connectivity index (χ3v) is 15.1. The molecule has 3 aliphatic rings. The fourth-order valence-electron chi connectivity index (χ4n) is 7.92. The van der Waals surface area contributed by atoms with Gasteiger partial charge >= 0.3 is 21.1 Å². The Morgan fingerprint density at radius 2 is 0.814 bits per heavy atom. The second kappa shape index (κ2) is 20.6. The Morgan fingerprint density at radius 3 is 1.30 bits per heavy atom. The van der Waals surface area contributed by atoms with Gasteiger partial charge in [-0.2, -0.15) is 0 Å². The van der Waals surface area contributed by atoms with Gasteiger partial charge in [-0.05, 0) is 149 Å². The molecule has 6 aromatic carbocycles. The van der Waals surface area contributed by atoms with Crippen molar-refractivity contribution in [2.24, 2.45) is 0 Å². The molecule has 1 N–H and O–H groups in total. The van der Waals surface area contributed by atoms with E-state index in [0.717, 1.165) is 64.0 Å². The maximum Gasteiger partial charge on any atom is 0.494 e. The molecule has 0 atom stereocenters. The van der Waals surface area contributed by atoms with Crippen molar-refractivity contribution in [3.05, 3.63) is 142 Å². The first-order chi connectivity index (χ1) is 33.3. The van der Waals surface area contributed by atoms with Crippen LogP contribution in [0.5, 0.6) is 5.75 Å². The summed E-state index contributed by atoms with van der Waals surface area (Å²) in [4.78, 5) is 0. The minimum Gasteiger partial charge on any atom is -0.507 e. The molecular weight excluding hydrogens is 1020 g/mol. The number of aromatic hydroxyl groups is 1. The molecule has 3 fully saturated rings. The highest BCUT2D eigenvalue weighted by molar-refractivity contribution is 9.10. The van der Waals surface area contributed by atoms with Crippen LogP contribution >= 0.6 is 31.9 Å². The lowest BCUT2D eigenvalue weighted by Crippen LogP contribution is -2.41. The number of para-hydroxylation sites is 2. The molecule has 0 bridgehead atoms. The van der Waals surface area contributed by atoms with Crippen LogP contribution in [0.15, 0.2) is 151 Å². The van der Waals surface area contributed by atoms with E-state index in [4.69, 9.17) is 38.1 Å². The van der Waals surface area contributed by atoms with Crippen LogP contribution in [-0.4, -0.2) is 67.0 Å². The van der Waals surface area contributed by atoms with Crippen molar-refractivity contribution in [1.82, 2.24) is 0 Å². The van der Waals surface area contributed by atoms with Gasteiger partial charge in [-0.25, -0.2) is 0 Å². The first-order valence-corrected chi connectivity index (χ1v) is 24.8. The topological polar surface area (TPSA) is 102 Å². The molecule has 0 aliphatic carbocycles. The number of hydrogen-bond donors (Lipinski definition) is 1. The van der Waals surface area contributed by atoms with Crippen molar-refractivity contribution in [2.45, 2.75) is 117 Å². The minimum absolute atomic E-state index is 0.305. The van der Waals surface area contributed by atoms with E-state index in [1.807, 2.05) is 159 Å². The quantitative estimate of drug-likeness (QED) is 0.173. The van der Waals surface area contributed by atoms with Crippen molar-refractivity contribution in [3.63, 3.8) is 0 Å². The van der Waals surface area contributed by atoms with Crippen LogP contribution in [0.1, 0.15) is 84.5 Å². The van der Waals surface area contributed by atoms with Gasteiger partial charge in [0, 0.05) is 36.1 Å². The predicted octanol–water partition coefficient (Wildman–Crippen LogP) is 14.9. The standard InChI is InChI=1S/C18H19BO3.C12H24B2O4.C12H7BrO.C12H9BrO.CH3F/c1-17(2)18(3,4)22-19(21-17)12-9-10-16-14(11-12)13-7-5-6-8-15(13)20-16;1-9(2)10(3,4)16-13(15-9)14-17-11(5,6)12(7,8)18-14;13-8-5-6-12-10(7-8)9-3-1-2-4-11(9)14-12;13-10-6-7-12(14)11(8-10)9-4-2-1-3-5-9;1-2/h5-11H,1-4H3;1-8H3;1-7H;1-8,14H;1H3/i;;;;1D. The van der Waals surface area contributed by atoms with Crippen LogP contribution in [0.3, 0.4) is 0 Å². The zero-order chi connectivity index (χ0) is 51.7. The summed E-state index contributed by atoms with van der Waals surface area (Å²) in [6.45, 7) is 24.5. The van der Waals surface area contributed by atoms with Gasteiger partial charge < -0.3 is 41.9 Å². The summed E-state index contributed by atoms with van der Waals surface area (Å²) in [5.41, 5.74) is 4.48. The first kappa shape index (κ1) is 51.9. The number of phenols is 1. The Hall–Kier alpha value is -4.44. The van der Waals surface area contributed by atoms with E-state index in [0.29, 0.717) is 5.75 Å². The number of benzene rings is 6. The molecular formula is C55H62B3Br2FO9. The van der Waals surface area contributed by atoms with Gasteiger partial charge in [0.2, 0.25) is 0 Å². The summed E-state index contributed by atoms with van der Waals surface area (Å²) >= 11 is 6.84. The van der Waals surface area contributed by atoms with Crippen LogP contribution < -0.4 is 5.46 Å². The average molecular weight is 1080 g/mol. The normalized spacial score (nSPS) is 19.1. The molecule has 366 valence electrons. The zero-order valence-corrected chi connectivity index (χ0v) is 45.2. The molecule has 11 rings (SSSR count). The molecule has 0 radical (unpaired) electrons. The fraction of sp³-hybridized carbons (Fsp3) is 0.345. The number of furan rings is 2. The molecule has 0 amide bonds. The van der Waals surface area contributed by atoms with Gasteiger partial charge in [-0.1, -0.05) is 111 Å². The van der Waals surface area contributed by atoms with Crippen LogP contribution in [0.2, 0.25) is 0 Å². The van der Waals surface area contributed by atoms with Crippen LogP contribution in [0, 0.1) is 0 Å². The fourth-order valence-corrected chi connectivity index (χ4v) is 8.65. The summed E-state index contributed by atoms with van der Waals surface area (Å²) in [6, 6.07) is 43.6. The highest BCUT2D eigenvalue weighted by Crippen LogP contribution is 2.43. The van der Waals surface area contributed by atoms with Crippen molar-refractivity contribution in [2.75, 3.05) is 7.15 Å². The molecule has 2 aromatic heterocycles. The van der Waals surface area contributed by atoms with Gasteiger partial charge in [0.25, 0.3) is 0 Å². The van der Waals surface area contributed by atoms with Crippen molar-refractivity contribution in [3.8, 4) is 16.9 Å². The van der Waals surface area contributed by atoms with E-state index in [1.165, 1.54) is 5.39 Å². The Labute approximate surface area is 430 Å². The number of hydrogen-bond acceptors (Lipinski definition) is 9. The zero-order valence-electron chi connectivity index (χ0n) is 43.0. The van der Waals surface area contributed by atoms with E-state index < -0.39 is 21.2 Å². The molecule has 8 aromatic rings. The summed E-state index contributed by atoms with van der Waals surface area (Å²) in [7, 11) is -2.30. The van der Waals surface area contributed by atoms with E-state index in [9.17, 15) is 9.50 Å². The Morgan fingerprint density at radius 1 is 0.443 bits per heavy atom. The predicted molar refractivity (Wildman–Crippen MR) is 291 cm³/mol. The van der Waals surface area contributed by atoms with Gasteiger partial charge in [0.1, 0.15) is 28.1 Å². The molecule has 3 saturated heterocycles. The van der Waals surface area contributed by atoms with E-state index in [-0.39, 0.29) is 40.7 Å². The molecule has 0 spiro atoms. The van der Waals surface area contributed by atoms with Crippen molar-refractivity contribution < 1.29 is 47.6 Å². The third-order valence-electron chi connectivity index (χ3n) is 14.1. The van der Waals surface area contributed by atoms with E-state index in [2.05, 4.69) is 83.8 Å². The SMILES string of the molecule is Brc1ccc2oc3ccccc3c2c1.CC1(C)OB(B2OC(C)(C)C(C)(C)O2)OC1(C)C.CC1(C)OB(c2ccc3oc4ccccc4c3c2)OC1(C)C.Oc1ccc(Br)cc1-c1ccccc1.[2H]CF. The third kappa shape index (κ3) is 11.1. The van der Waals surface area contributed by atoms with Gasteiger partial charge in [0.15, 0.2) is 0 Å². The first-order valence-electron chi connectivity index (χ1n) is 23.9. The highest BCUT2D eigenvalue weighted by atomic mass is 79.9. The maximum atomic E-state index is 9.96.